The third-order valence-electron chi connectivity index (χ3n) is 4.57. The molecular formula is C22H20FNO4. The van der Waals surface area contributed by atoms with Gasteiger partial charge >= 0.3 is 5.97 Å². The van der Waals surface area contributed by atoms with Crippen molar-refractivity contribution in [1.82, 2.24) is 5.32 Å². The van der Waals surface area contributed by atoms with E-state index in [-0.39, 0.29) is 24.4 Å². The maximum atomic E-state index is 13.6. The molecular weight excluding hydrogens is 361 g/mol. The molecule has 0 radical (unpaired) electrons. The number of aliphatic carboxylic acids is 1. The van der Waals surface area contributed by atoms with Crippen LogP contribution in [0.2, 0.25) is 0 Å². The molecule has 2 aromatic rings. The number of rotatable bonds is 4. The van der Waals surface area contributed by atoms with E-state index in [1.165, 1.54) is 6.07 Å². The lowest BCUT2D eigenvalue weighted by Crippen LogP contribution is -2.39. The zero-order valence-corrected chi connectivity index (χ0v) is 15.2. The van der Waals surface area contributed by atoms with Crippen LogP contribution in [0.15, 0.2) is 48.5 Å². The summed E-state index contributed by atoms with van der Waals surface area (Å²) in [6.45, 7) is 0.643. The number of carboxylic acid groups (broad SMARTS) is 1. The third-order valence-corrected chi connectivity index (χ3v) is 4.57. The summed E-state index contributed by atoms with van der Waals surface area (Å²) in [5, 5.41) is 11.9. The molecule has 1 heterocycles. The fraction of sp³-hybridized carbons (Fsp3) is 0.273. The molecule has 0 spiro atoms. The van der Waals surface area contributed by atoms with Crippen LogP contribution in [-0.2, 0) is 9.53 Å². The van der Waals surface area contributed by atoms with Crippen LogP contribution in [0.1, 0.15) is 34.3 Å². The van der Waals surface area contributed by atoms with E-state index >= 15 is 0 Å². The molecule has 0 saturated carbocycles. The largest absolute Gasteiger partial charge is 0.481 e. The third kappa shape index (κ3) is 5.18. The lowest BCUT2D eigenvalue weighted by atomic mass is 9.96. The predicted molar refractivity (Wildman–Crippen MR) is 101 cm³/mol. The van der Waals surface area contributed by atoms with Crippen LogP contribution in [-0.4, -0.2) is 36.2 Å². The van der Waals surface area contributed by atoms with Gasteiger partial charge in [0.15, 0.2) is 0 Å². The zero-order chi connectivity index (χ0) is 19.9. The average molecular weight is 381 g/mol. The first-order valence-corrected chi connectivity index (χ1v) is 9.02. The van der Waals surface area contributed by atoms with Gasteiger partial charge in [0.25, 0.3) is 5.91 Å². The fourth-order valence-corrected chi connectivity index (χ4v) is 2.96. The monoisotopic (exact) mass is 381 g/mol. The number of hydrogen-bond donors (Lipinski definition) is 2. The van der Waals surface area contributed by atoms with Gasteiger partial charge in [0.05, 0.1) is 17.6 Å². The van der Waals surface area contributed by atoms with Crippen molar-refractivity contribution < 1.29 is 23.8 Å². The van der Waals surface area contributed by atoms with Crippen LogP contribution in [0.25, 0.3) is 0 Å². The number of halogens is 1. The molecule has 1 amide bonds. The summed E-state index contributed by atoms with van der Waals surface area (Å²) in [6.07, 6.45) is 0.583. The summed E-state index contributed by atoms with van der Waals surface area (Å²) in [5.74, 6) is 3.74. The molecule has 5 nitrogen and oxygen atoms in total. The summed E-state index contributed by atoms with van der Waals surface area (Å²) in [7, 11) is 0. The van der Waals surface area contributed by atoms with Crippen molar-refractivity contribution in [2.24, 2.45) is 5.92 Å². The molecule has 2 aromatic carbocycles. The number of ether oxygens (including phenoxy) is 1. The van der Waals surface area contributed by atoms with Gasteiger partial charge in [-0.2, -0.15) is 0 Å². The van der Waals surface area contributed by atoms with Gasteiger partial charge in [-0.25, -0.2) is 4.39 Å². The van der Waals surface area contributed by atoms with Crippen LogP contribution in [0, 0.1) is 23.6 Å². The second kappa shape index (κ2) is 9.16. The Morgan fingerprint density at radius 1 is 1.14 bits per heavy atom. The highest BCUT2D eigenvalue weighted by atomic mass is 19.1. The number of nitrogens with one attached hydrogen (secondary N) is 1. The maximum absolute atomic E-state index is 13.6. The molecule has 2 atom stereocenters. The Bertz CT molecular complexity index is 914. The second-order valence-electron chi connectivity index (χ2n) is 6.57. The number of carbonyl (C=O) groups excluding carboxylic acids is 1. The van der Waals surface area contributed by atoms with Gasteiger partial charge in [0.2, 0.25) is 0 Å². The molecule has 0 aromatic heterocycles. The Morgan fingerprint density at radius 2 is 1.89 bits per heavy atom. The molecule has 6 heteroatoms. The summed E-state index contributed by atoms with van der Waals surface area (Å²) in [4.78, 5) is 23.3. The van der Waals surface area contributed by atoms with Gasteiger partial charge in [0.1, 0.15) is 5.82 Å². The molecule has 0 aliphatic carbocycles. The van der Waals surface area contributed by atoms with E-state index in [0.717, 1.165) is 0 Å². The first-order chi connectivity index (χ1) is 13.5. The van der Waals surface area contributed by atoms with Crippen molar-refractivity contribution in [3.8, 4) is 11.8 Å². The van der Waals surface area contributed by atoms with Crippen molar-refractivity contribution >= 4 is 11.9 Å². The Labute approximate surface area is 162 Å². The highest BCUT2D eigenvalue weighted by molar-refractivity contribution is 5.94. The molecule has 1 fully saturated rings. The molecule has 3 rings (SSSR count). The maximum Gasteiger partial charge on any atom is 0.306 e. The number of hydrogen-bond acceptors (Lipinski definition) is 3. The summed E-state index contributed by atoms with van der Waals surface area (Å²) in [5.41, 5.74) is 1.44. The smallest absolute Gasteiger partial charge is 0.306 e. The molecule has 1 aliphatic rings. The minimum Gasteiger partial charge on any atom is -0.481 e. The minimum atomic E-state index is -0.827. The fourth-order valence-electron chi connectivity index (χ4n) is 2.96. The van der Waals surface area contributed by atoms with Crippen molar-refractivity contribution in [2.75, 3.05) is 13.2 Å². The average Bonchev–Trinajstić information content (AvgIpc) is 2.72. The van der Waals surface area contributed by atoms with Gasteiger partial charge in [-0.05, 0) is 49.2 Å². The van der Waals surface area contributed by atoms with Crippen molar-refractivity contribution in [1.29, 1.82) is 0 Å². The van der Waals surface area contributed by atoms with Gasteiger partial charge < -0.3 is 15.2 Å². The highest BCUT2D eigenvalue weighted by Gasteiger charge is 2.27. The van der Waals surface area contributed by atoms with Crippen LogP contribution in [0.5, 0.6) is 0 Å². The first-order valence-electron chi connectivity index (χ1n) is 9.02. The molecule has 1 saturated heterocycles. The molecule has 2 unspecified atom stereocenters. The Balaban J connectivity index is 1.55. The summed E-state index contributed by atoms with van der Waals surface area (Å²) in [6, 6.07) is 13.0. The lowest BCUT2D eigenvalue weighted by Gasteiger charge is -2.27. The highest BCUT2D eigenvalue weighted by Crippen LogP contribution is 2.20. The zero-order valence-electron chi connectivity index (χ0n) is 15.2. The topological polar surface area (TPSA) is 75.6 Å². The SMILES string of the molecule is O=C(NCC1CC(C(=O)O)CCO1)c1ccc(C#Cc2ccccc2F)cc1. The molecule has 1 aliphatic heterocycles. The van der Waals surface area contributed by atoms with E-state index in [2.05, 4.69) is 17.2 Å². The van der Waals surface area contributed by atoms with Gasteiger partial charge in [-0.3, -0.25) is 9.59 Å². The van der Waals surface area contributed by atoms with Crippen molar-refractivity contribution in [3.63, 3.8) is 0 Å². The van der Waals surface area contributed by atoms with E-state index in [9.17, 15) is 14.0 Å². The number of carboxylic acids is 1. The molecule has 144 valence electrons. The number of benzene rings is 2. The minimum absolute atomic E-state index is 0.261. The Morgan fingerprint density at radius 3 is 2.61 bits per heavy atom. The number of amides is 1. The number of carbonyl (C=O) groups is 2. The van der Waals surface area contributed by atoms with E-state index in [4.69, 9.17) is 9.84 Å². The normalized spacial score (nSPS) is 18.6. The summed E-state index contributed by atoms with van der Waals surface area (Å²) < 4.78 is 19.1. The summed E-state index contributed by atoms with van der Waals surface area (Å²) >= 11 is 0. The van der Waals surface area contributed by atoms with Gasteiger partial charge in [-0.1, -0.05) is 24.0 Å². The van der Waals surface area contributed by atoms with E-state index in [0.29, 0.717) is 36.1 Å². The standard InChI is InChI=1S/C22H20FNO4/c23-20-4-2-1-3-16(20)8-5-15-6-9-17(10-7-15)21(25)24-14-19-13-18(22(26)27)11-12-28-19/h1-4,6-7,9-10,18-19H,11-14H2,(H,24,25)(H,26,27). The van der Waals surface area contributed by atoms with Crippen LogP contribution in [0.4, 0.5) is 4.39 Å². The second-order valence-corrected chi connectivity index (χ2v) is 6.57. The van der Waals surface area contributed by atoms with E-state index in [1.807, 2.05) is 0 Å². The quantitative estimate of drug-likeness (QED) is 0.799. The van der Waals surface area contributed by atoms with Crippen LogP contribution in [0.3, 0.4) is 0 Å². The first kappa shape index (κ1) is 19.6. The Hall–Kier alpha value is -3.17. The molecule has 0 bridgehead atoms. The lowest BCUT2D eigenvalue weighted by molar-refractivity contribution is -0.146. The van der Waals surface area contributed by atoms with E-state index < -0.39 is 11.9 Å². The van der Waals surface area contributed by atoms with Crippen molar-refractivity contribution in [2.45, 2.75) is 18.9 Å². The Kier molecular flexibility index (Phi) is 6.41. The van der Waals surface area contributed by atoms with E-state index in [1.54, 1.807) is 42.5 Å². The van der Waals surface area contributed by atoms with Crippen molar-refractivity contribution in [3.05, 3.63) is 71.0 Å². The molecule has 2 N–H and O–H groups in total. The molecule has 28 heavy (non-hydrogen) atoms. The van der Waals surface area contributed by atoms with Gasteiger partial charge in [-0.15, -0.1) is 0 Å². The van der Waals surface area contributed by atoms with Crippen LogP contribution < -0.4 is 5.32 Å². The van der Waals surface area contributed by atoms with Gasteiger partial charge in [0, 0.05) is 24.3 Å². The predicted octanol–water partition coefficient (Wildman–Crippen LogP) is 2.84. The van der Waals surface area contributed by atoms with Crippen LogP contribution >= 0.6 is 0 Å².